The molecule has 1 aromatic rings. The number of nitrogens with zero attached hydrogens (tertiary/aromatic N) is 1. The maximum absolute atomic E-state index is 11.4. The van der Waals surface area contributed by atoms with Crippen molar-refractivity contribution in [2.75, 3.05) is 14.2 Å². The van der Waals surface area contributed by atoms with Gasteiger partial charge in [0.2, 0.25) is 0 Å². The molecule has 0 unspecified atom stereocenters. The summed E-state index contributed by atoms with van der Waals surface area (Å²) < 4.78 is 9.49. The van der Waals surface area contributed by atoms with Crippen LogP contribution in [0.1, 0.15) is 15.9 Å². The number of nitroso groups, excluding NO2 is 1. The van der Waals surface area contributed by atoms with Crippen LogP contribution < -0.4 is 4.74 Å². The molecule has 0 aromatic heterocycles. The highest BCUT2D eigenvalue weighted by atomic mass is 16.5. The molecule has 1 rings (SSSR count). The van der Waals surface area contributed by atoms with E-state index in [9.17, 15) is 9.70 Å². The zero-order valence-corrected chi connectivity index (χ0v) is 8.73. The van der Waals surface area contributed by atoms with E-state index in [0.717, 1.165) is 0 Å². The molecule has 0 amide bonds. The Morgan fingerprint density at radius 3 is 2.47 bits per heavy atom. The third kappa shape index (κ3) is 1.96. The van der Waals surface area contributed by atoms with Crippen LogP contribution in [0.4, 0.5) is 5.69 Å². The minimum atomic E-state index is -0.596. The van der Waals surface area contributed by atoms with E-state index in [1.54, 1.807) is 19.1 Å². The summed E-state index contributed by atoms with van der Waals surface area (Å²) in [7, 11) is 2.65. The first-order valence-electron chi connectivity index (χ1n) is 4.25. The van der Waals surface area contributed by atoms with Gasteiger partial charge >= 0.3 is 5.97 Å². The molecule has 5 nitrogen and oxygen atoms in total. The van der Waals surface area contributed by atoms with Gasteiger partial charge in [0.1, 0.15) is 5.75 Å². The van der Waals surface area contributed by atoms with Crippen LogP contribution in [0, 0.1) is 11.8 Å². The molecule has 0 aliphatic heterocycles. The molecule has 0 fully saturated rings. The van der Waals surface area contributed by atoms with E-state index in [1.807, 2.05) is 0 Å². The first-order valence-corrected chi connectivity index (χ1v) is 4.25. The molecule has 0 aliphatic carbocycles. The molecular weight excluding hydrogens is 198 g/mol. The smallest absolute Gasteiger partial charge is 0.340 e. The Labute approximate surface area is 87.0 Å². The number of esters is 1. The molecular formula is C10H11NO4. The third-order valence-electron chi connectivity index (χ3n) is 2.05. The van der Waals surface area contributed by atoms with Gasteiger partial charge in [-0.05, 0) is 23.7 Å². The average molecular weight is 209 g/mol. The fourth-order valence-electron chi connectivity index (χ4n) is 1.29. The third-order valence-corrected chi connectivity index (χ3v) is 2.05. The van der Waals surface area contributed by atoms with Gasteiger partial charge in [0.05, 0.1) is 19.8 Å². The van der Waals surface area contributed by atoms with Gasteiger partial charge in [-0.3, -0.25) is 0 Å². The van der Waals surface area contributed by atoms with Crippen molar-refractivity contribution in [1.29, 1.82) is 0 Å². The number of benzene rings is 1. The molecule has 0 saturated heterocycles. The second kappa shape index (κ2) is 4.54. The van der Waals surface area contributed by atoms with Gasteiger partial charge in [0.15, 0.2) is 5.69 Å². The number of carbonyl (C=O) groups excluding carboxylic acids is 1. The van der Waals surface area contributed by atoms with Crippen LogP contribution in [0.15, 0.2) is 17.3 Å². The van der Waals surface area contributed by atoms with E-state index >= 15 is 0 Å². The number of methoxy groups -OCH3 is 2. The Hall–Kier alpha value is -1.91. The van der Waals surface area contributed by atoms with Crippen LogP contribution in [-0.4, -0.2) is 20.2 Å². The maximum atomic E-state index is 11.4. The van der Waals surface area contributed by atoms with Crippen LogP contribution in [0.3, 0.4) is 0 Å². The molecule has 0 spiro atoms. The Bertz CT molecular complexity index is 401. The normalized spacial score (nSPS) is 9.53. The minimum Gasteiger partial charge on any atom is -0.494 e. The summed E-state index contributed by atoms with van der Waals surface area (Å²) in [5, 5.41) is 2.80. The second-order valence-electron chi connectivity index (χ2n) is 2.89. The van der Waals surface area contributed by atoms with E-state index in [-0.39, 0.29) is 17.0 Å². The van der Waals surface area contributed by atoms with E-state index in [1.165, 1.54) is 14.2 Å². The van der Waals surface area contributed by atoms with Crippen molar-refractivity contribution in [2.24, 2.45) is 5.18 Å². The molecule has 0 N–H and O–H groups in total. The molecule has 0 aliphatic rings. The van der Waals surface area contributed by atoms with Crippen molar-refractivity contribution in [3.8, 4) is 5.75 Å². The standard InChI is InChI=1S/C10H11NO4/c1-6-4-5-7(14-2)9(11-13)8(6)10(12)15-3/h4-5H,1-3H3. The highest BCUT2D eigenvalue weighted by Crippen LogP contribution is 2.33. The monoisotopic (exact) mass is 209 g/mol. The Balaban J connectivity index is 3.45. The SMILES string of the molecule is COC(=O)c1c(C)ccc(OC)c1N=O. The van der Waals surface area contributed by atoms with Gasteiger partial charge in [-0.1, -0.05) is 6.07 Å². The summed E-state index contributed by atoms with van der Waals surface area (Å²) in [5.74, 6) is -0.336. The zero-order valence-electron chi connectivity index (χ0n) is 8.73. The Kier molecular flexibility index (Phi) is 3.38. The van der Waals surface area contributed by atoms with Crippen molar-refractivity contribution in [2.45, 2.75) is 6.92 Å². The fourth-order valence-corrected chi connectivity index (χ4v) is 1.29. The van der Waals surface area contributed by atoms with Crippen molar-refractivity contribution in [1.82, 2.24) is 0 Å². The van der Waals surface area contributed by atoms with Crippen LogP contribution in [0.2, 0.25) is 0 Å². The molecule has 0 radical (unpaired) electrons. The summed E-state index contributed by atoms with van der Waals surface area (Å²) in [4.78, 5) is 22.0. The Morgan fingerprint density at radius 2 is 2.00 bits per heavy atom. The van der Waals surface area contributed by atoms with Gasteiger partial charge in [0, 0.05) is 0 Å². The molecule has 15 heavy (non-hydrogen) atoms. The molecule has 0 saturated carbocycles. The molecule has 0 atom stereocenters. The number of hydrogen-bond acceptors (Lipinski definition) is 5. The van der Waals surface area contributed by atoms with Crippen molar-refractivity contribution >= 4 is 11.7 Å². The number of aryl methyl sites for hydroxylation is 1. The van der Waals surface area contributed by atoms with E-state index in [0.29, 0.717) is 5.56 Å². The molecule has 5 heteroatoms. The quantitative estimate of drug-likeness (QED) is 0.565. The largest absolute Gasteiger partial charge is 0.494 e. The molecule has 80 valence electrons. The predicted molar refractivity (Wildman–Crippen MR) is 54.5 cm³/mol. The molecule has 0 bridgehead atoms. The number of ether oxygens (including phenoxy) is 2. The molecule has 0 heterocycles. The van der Waals surface area contributed by atoms with E-state index < -0.39 is 5.97 Å². The van der Waals surface area contributed by atoms with Crippen LogP contribution in [0.5, 0.6) is 5.75 Å². The van der Waals surface area contributed by atoms with Gasteiger partial charge in [-0.25, -0.2) is 4.79 Å². The molecule has 1 aromatic carbocycles. The van der Waals surface area contributed by atoms with Crippen molar-refractivity contribution in [3.63, 3.8) is 0 Å². The topological polar surface area (TPSA) is 65.0 Å². The summed E-state index contributed by atoms with van der Waals surface area (Å²) in [6, 6.07) is 3.25. The summed E-state index contributed by atoms with van der Waals surface area (Å²) in [6.07, 6.45) is 0. The van der Waals surface area contributed by atoms with Gasteiger partial charge in [0.25, 0.3) is 0 Å². The second-order valence-corrected chi connectivity index (χ2v) is 2.89. The predicted octanol–water partition coefficient (Wildman–Crippen LogP) is 2.19. The summed E-state index contributed by atoms with van der Waals surface area (Å²) in [6.45, 7) is 1.69. The lowest BCUT2D eigenvalue weighted by Crippen LogP contribution is -2.05. The van der Waals surface area contributed by atoms with Crippen LogP contribution in [0.25, 0.3) is 0 Å². The number of carbonyl (C=O) groups is 1. The highest BCUT2D eigenvalue weighted by molar-refractivity contribution is 5.97. The van der Waals surface area contributed by atoms with Crippen LogP contribution >= 0.6 is 0 Å². The first-order chi connectivity index (χ1) is 7.15. The summed E-state index contributed by atoms with van der Waals surface area (Å²) >= 11 is 0. The van der Waals surface area contributed by atoms with E-state index in [4.69, 9.17) is 4.74 Å². The maximum Gasteiger partial charge on any atom is 0.340 e. The van der Waals surface area contributed by atoms with Gasteiger partial charge in [-0.2, -0.15) is 0 Å². The van der Waals surface area contributed by atoms with Crippen LogP contribution in [-0.2, 0) is 4.74 Å². The minimum absolute atomic E-state index is 0.0237. The lowest BCUT2D eigenvalue weighted by atomic mass is 10.1. The lowest BCUT2D eigenvalue weighted by molar-refractivity contribution is 0.0600. The average Bonchev–Trinajstić information content (AvgIpc) is 2.27. The number of hydrogen-bond donors (Lipinski definition) is 0. The zero-order chi connectivity index (χ0) is 11.4. The highest BCUT2D eigenvalue weighted by Gasteiger charge is 2.19. The van der Waals surface area contributed by atoms with Gasteiger partial charge < -0.3 is 9.47 Å². The fraction of sp³-hybridized carbons (Fsp3) is 0.300. The summed E-state index contributed by atoms with van der Waals surface area (Å²) in [5.41, 5.74) is 0.744. The van der Waals surface area contributed by atoms with Crippen molar-refractivity contribution < 1.29 is 14.3 Å². The van der Waals surface area contributed by atoms with Gasteiger partial charge in [-0.15, -0.1) is 4.91 Å². The van der Waals surface area contributed by atoms with Crippen molar-refractivity contribution in [3.05, 3.63) is 28.2 Å². The number of rotatable bonds is 3. The van der Waals surface area contributed by atoms with E-state index in [2.05, 4.69) is 9.91 Å². The first kappa shape index (κ1) is 11.2. The Morgan fingerprint density at radius 1 is 1.33 bits per heavy atom. The lowest BCUT2D eigenvalue weighted by Gasteiger charge is -2.09.